The van der Waals surface area contributed by atoms with Crippen molar-refractivity contribution < 1.29 is 63.3 Å². The maximum Gasteiger partial charge on any atom is 1.00 e. The summed E-state index contributed by atoms with van der Waals surface area (Å²) in [6, 6.07) is 1.11. The number of hydrogen-bond acceptors (Lipinski definition) is 8. The van der Waals surface area contributed by atoms with Gasteiger partial charge < -0.3 is 25.5 Å². The second-order valence-corrected chi connectivity index (χ2v) is 10.4. The molecule has 1 aromatic carbocycles. The SMILES string of the molecule is CN1CC[C@]23c4c5c(S(=O)(=O)OC(=O)CI)cc(O)c4O[C@H]2[C@@H](O)C=C[C@H]3[C@H]1C5.[H-].[Na+]. The predicted molar refractivity (Wildman–Crippen MR) is 111 cm³/mol. The van der Waals surface area contributed by atoms with Gasteiger partial charge in [-0.25, -0.2) is 0 Å². The number of aromatic hydroxyl groups is 1. The molecular weight excluding hydrogens is 536 g/mol. The van der Waals surface area contributed by atoms with E-state index in [0.29, 0.717) is 24.0 Å². The number of aliphatic hydroxyl groups excluding tert-OH is 1. The van der Waals surface area contributed by atoms with Crippen molar-refractivity contribution in [1.29, 1.82) is 0 Å². The van der Waals surface area contributed by atoms with Crippen molar-refractivity contribution in [3.8, 4) is 11.5 Å². The summed E-state index contributed by atoms with van der Waals surface area (Å²) in [4.78, 5) is 13.7. The molecule has 4 aliphatic rings. The summed E-state index contributed by atoms with van der Waals surface area (Å²) in [5, 5.41) is 21.3. The minimum Gasteiger partial charge on any atom is -1.00 e. The molecule has 2 aliphatic heterocycles. The van der Waals surface area contributed by atoms with Crippen LogP contribution in [0.1, 0.15) is 19.0 Å². The molecule has 0 unspecified atom stereocenters. The fourth-order valence-electron chi connectivity index (χ4n) is 5.70. The standard InChI is InChI=1S/C19H20INO7S.Na.H/c1-21-5-4-19-10-2-3-12(22)18(19)27-17-13(23)7-14(9(16(17)19)6-11(10)21)29(25,26)28-15(24)8-20;;/h2-3,7,10-12,18,22-23H,4-6,8H2,1H3;;/q;+1;-1/t10-,11+,12-,18-,19-;;/m0../s1. The van der Waals surface area contributed by atoms with Gasteiger partial charge in [-0.1, -0.05) is 34.7 Å². The van der Waals surface area contributed by atoms with Crippen LogP contribution in [-0.2, 0) is 30.9 Å². The topological polar surface area (TPSA) is 113 Å². The number of carbonyl (C=O) groups excluding carboxylic acids is 1. The summed E-state index contributed by atoms with van der Waals surface area (Å²) in [7, 11) is -2.41. The predicted octanol–water partition coefficient (Wildman–Crippen LogP) is -2.02. The van der Waals surface area contributed by atoms with Crippen LogP contribution < -0.4 is 34.3 Å². The first-order valence-electron chi connectivity index (χ1n) is 9.36. The average Bonchev–Trinajstić information content (AvgIpc) is 3.02. The van der Waals surface area contributed by atoms with Crippen molar-refractivity contribution in [2.24, 2.45) is 5.92 Å². The Balaban J connectivity index is 0.00000136. The van der Waals surface area contributed by atoms with Crippen molar-refractivity contribution in [2.75, 3.05) is 18.0 Å². The molecule has 1 spiro atoms. The summed E-state index contributed by atoms with van der Waals surface area (Å²) in [6.45, 7) is 0.766. The van der Waals surface area contributed by atoms with Crippen LogP contribution in [0.2, 0.25) is 0 Å². The Labute approximate surface area is 211 Å². The van der Waals surface area contributed by atoms with Crippen molar-refractivity contribution in [1.82, 2.24) is 4.90 Å². The van der Waals surface area contributed by atoms with E-state index in [9.17, 15) is 23.4 Å². The van der Waals surface area contributed by atoms with Crippen LogP contribution in [0.4, 0.5) is 0 Å². The molecule has 11 heteroatoms. The van der Waals surface area contributed by atoms with Gasteiger partial charge in [0.25, 0.3) is 0 Å². The molecule has 0 saturated carbocycles. The number of hydrogen-bond donors (Lipinski definition) is 2. The third-order valence-electron chi connectivity index (χ3n) is 6.82. The van der Waals surface area contributed by atoms with Gasteiger partial charge in [-0.05, 0) is 32.0 Å². The number of rotatable bonds is 3. The molecule has 5 atom stereocenters. The molecule has 2 N–H and O–H groups in total. The molecule has 0 amide bonds. The number of benzene rings is 1. The van der Waals surface area contributed by atoms with Crippen molar-refractivity contribution in [3.05, 3.63) is 29.3 Å². The number of halogens is 1. The van der Waals surface area contributed by atoms with Crippen LogP contribution >= 0.6 is 22.6 Å². The minimum atomic E-state index is -4.41. The fourth-order valence-corrected chi connectivity index (χ4v) is 7.21. The van der Waals surface area contributed by atoms with E-state index in [-0.39, 0.29) is 63.8 Å². The zero-order valence-electron chi connectivity index (χ0n) is 17.5. The van der Waals surface area contributed by atoms with Gasteiger partial charge in [0.15, 0.2) is 11.5 Å². The summed E-state index contributed by atoms with van der Waals surface area (Å²) < 4.78 is 36.5. The zero-order chi connectivity index (χ0) is 20.7. The number of piperidine rings is 1. The van der Waals surface area contributed by atoms with Crippen LogP contribution in [0.15, 0.2) is 23.1 Å². The quantitative estimate of drug-likeness (QED) is 0.144. The Bertz CT molecular complexity index is 1070. The van der Waals surface area contributed by atoms with Crippen LogP contribution in [0.5, 0.6) is 11.5 Å². The van der Waals surface area contributed by atoms with Crippen LogP contribution in [0, 0.1) is 5.92 Å². The van der Waals surface area contributed by atoms with E-state index in [4.69, 9.17) is 8.92 Å². The van der Waals surface area contributed by atoms with Gasteiger partial charge in [0, 0.05) is 29.0 Å². The summed E-state index contributed by atoms with van der Waals surface area (Å²) in [5.41, 5.74) is 0.533. The Morgan fingerprint density at radius 2 is 2.20 bits per heavy atom. The minimum absolute atomic E-state index is 0. The first kappa shape index (κ1) is 22.8. The molecule has 2 heterocycles. The molecule has 8 nitrogen and oxygen atoms in total. The molecular formula is C19H21INNaO7S. The number of phenols is 1. The Hall–Kier alpha value is -0.370. The number of aliphatic hydroxyl groups is 1. The van der Waals surface area contributed by atoms with Crippen molar-refractivity contribution in [2.45, 2.75) is 41.4 Å². The number of carbonyl (C=O) groups is 1. The van der Waals surface area contributed by atoms with E-state index >= 15 is 0 Å². The molecule has 30 heavy (non-hydrogen) atoms. The van der Waals surface area contributed by atoms with Gasteiger partial charge in [0.2, 0.25) is 0 Å². The smallest absolute Gasteiger partial charge is 1.00 e. The third kappa shape index (κ3) is 2.94. The van der Waals surface area contributed by atoms with Gasteiger partial charge in [0.05, 0.1) is 4.43 Å². The van der Waals surface area contributed by atoms with E-state index in [0.717, 1.165) is 12.6 Å². The average molecular weight is 557 g/mol. The van der Waals surface area contributed by atoms with Gasteiger partial charge in [-0.15, -0.1) is 0 Å². The van der Waals surface area contributed by atoms with Gasteiger partial charge >= 0.3 is 45.6 Å². The summed E-state index contributed by atoms with van der Waals surface area (Å²) >= 11 is 1.73. The Kier molecular flexibility index (Phi) is 5.78. The zero-order valence-corrected chi connectivity index (χ0v) is 21.5. The van der Waals surface area contributed by atoms with Gasteiger partial charge in [0.1, 0.15) is 17.1 Å². The van der Waals surface area contributed by atoms with Crippen LogP contribution in [-0.4, -0.2) is 65.8 Å². The van der Waals surface area contributed by atoms with Crippen molar-refractivity contribution in [3.63, 3.8) is 0 Å². The number of likely N-dealkylation sites (N-methyl/N-ethyl adjacent to an activating group) is 1. The van der Waals surface area contributed by atoms with Gasteiger partial charge in [-0.2, -0.15) is 8.42 Å². The molecule has 1 saturated heterocycles. The molecule has 2 aliphatic carbocycles. The molecule has 0 radical (unpaired) electrons. The molecule has 158 valence electrons. The van der Waals surface area contributed by atoms with E-state index in [2.05, 4.69) is 4.90 Å². The van der Waals surface area contributed by atoms with E-state index in [1.807, 2.05) is 13.1 Å². The fraction of sp³-hybridized carbons (Fsp3) is 0.526. The monoisotopic (exact) mass is 557 g/mol. The molecule has 0 aromatic heterocycles. The molecule has 2 bridgehead atoms. The maximum atomic E-state index is 12.9. The van der Waals surface area contributed by atoms with Crippen LogP contribution in [0.25, 0.3) is 0 Å². The largest absolute Gasteiger partial charge is 1.00 e. The van der Waals surface area contributed by atoms with E-state index in [1.165, 1.54) is 0 Å². The first-order valence-corrected chi connectivity index (χ1v) is 12.3. The normalized spacial score (nSPS) is 33.3. The number of likely N-dealkylation sites (tertiary alicyclic amines) is 1. The Morgan fingerprint density at radius 1 is 1.47 bits per heavy atom. The van der Waals surface area contributed by atoms with Gasteiger partial charge in [-0.3, -0.25) is 4.79 Å². The van der Waals surface area contributed by atoms with E-state index < -0.39 is 33.7 Å². The summed E-state index contributed by atoms with van der Waals surface area (Å²) in [6.07, 6.45) is 3.35. The molecule has 5 rings (SSSR count). The third-order valence-corrected chi connectivity index (χ3v) is 8.75. The number of phenolic OH excluding ortho intramolecular Hbond substituents is 1. The number of alkyl halides is 1. The molecule has 1 fully saturated rings. The molecule has 1 aromatic rings. The van der Waals surface area contributed by atoms with E-state index in [1.54, 1.807) is 28.7 Å². The number of nitrogens with zero attached hydrogens (tertiary/aromatic N) is 1. The van der Waals surface area contributed by atoms with Crippen molar-refractivity contribution >= 4 is 38.7 Å². The van der Waals surface area contributed by atoms with Crippen LogP contribution in [0.3, 0.4) is 0 Å². The first-order chi connectivity index (χ1) is 13.7. The summed E-state index contributed by atoms with van der Waals surface area (Å²) in [5.74, 6) is -0.926. The second kappa shape index (κ2) is 7.60. The Morgan fingerprint density at radius 3 is 2.90 bits per heavy atom. The second-order valence-electron chi connectivity index (χ2n) is 8.10. The maximum absolute atomic E-state index is 12.9. The number of ether oxygens (including phenoxy) is 1.